The quantitative estimate of drug-likeness (QED) is 0.861. The van der Waals surface area contributed by atoms with Crippen molar-refractivity contribution in [1.82, 2.24) is 15.1 Å². The first-order chi connectivity index (χ1) is 12.5. The van der Waals surface area contributed by atoms with Gasteiger partial charge in [0.05, 0.1) is 5.92 Å². The van der Waals surface area contributed by atoms with Crippen molar-refractivity contribution in [3.05, 3.63) is 35.9 Å². The summed E-state index contributed by atoms with van der Waals surface area (Å²) in [5.74, 6) is -1.03. The fourth-order valence-corrected chi connectivity index (χ4v) is 3.63. The van der Waals surface area contributed by atoms with Gasteiger partial charge < -0.3 is 20.2 Å². The van der Waals surface area contributed by atoms with Crippen molar-refractivity contribution < 1.29 is 19.5 Å². The van der Waals surface area contributed by atoms with E-state index in [2.05, 4.69) is 5.32 Å². The molecule has 0 bridgehead atoms. The first-order valence-corrected chi connectivity index (χ1v) is 9.17. The number of piperazine rings is 1. The summed E-state index contributed by atoms with van der Waals surface area (Å²) >= 11 is 0. The Kier molecular flexibility index (Phi) is 5.75. The van der Waals surface area contributed by atoms with E-state index in [1.807, 2.05) is 18.2 Å². The fourth-order valence-electron chi connectivity index (χ4n) is 3.63. The van der Waals surface area contributed by atoms with E-state index < -0.39 is 5.97 Å². The third kappa shape index (κ3) is 4.33. The van der Waals surface area contributed by atoms with E-state index in [-0.39, 0.29) is 23.9 Å². The maximum atomic E-state index is 12.4. The van der Waals surface area contributed by atoms with E-state index in [0.29, 0.717) is 57.4 Å². The molecule has 0 atom stereocenters. The molecule has 140 valence electrons. The van der Waals surface area contributed by atoms with Crippen LogP contribution < -0.4 is 5.32 Å². The minimum Gasteiger partial charge on any atom is -0.481 e. The van der Waals surface area contributed by atoms with Crippen molar-refractivity contribution in [2.75, 3.05) is 26.2 Å². The minimum absolute atomic E-state index is 0.00217. The van der Waals surface area contributed by atoms with E-state index in [0.717, 1.165) is 0 Å². The molecule has 1 saturated carbocycles. The standard InChI is InChI=1S/C19H25N3O4/c23-17(14-4-2-1-3-5-14)21-10-12-22(13-11-21)19(26)20-16-8-6-15(7-9-16)18(24)25/h1-5,15-16H,6-13H2,(H,20,26)(H,24,25). The molecule has 1 saturated heterocycles. The molecule has 0 radical (unpaired) electrons. The zero-order chi connectivity index (χ0) is 18.5. The SMILES string of the molecule is O=C(O)C1CCC(NC(=O)N2CCN(C(=O)c3ccccc3)CC2)CC1. The number of hydrogen-bond donors (Lipinski definition) is 2. The molecule has 1 aromatic rings. The van der Waals surface area contributed by atoms with Gasteiger partial charge in [0.15, 0.2) is 0 Å². The molecule has 3 rings (SSSR count). The van der Waals surface area contributed by atoms with Crippen LogP contribution in [0.1, 0.15) is 36.0 Å². The van der Waals surface area contributed by atoms with Gasteiger partial charge in [-0.2, -0.15) is 0 Å². The maximum Gasteiger partial charge on any atom is 0.317 e. The fraction of sp³-hybridized carbons (Fsp3) is 0.526. The van der Waals surface area contributed by atoms with Gasteiger partial charge in [-0.1, -0.05) is 18.2 Å². The van der Waals surface area contributed by atoms with Crippen molar-refractivity contribution in [1.29, 1.82) is 0 Å². The minimum atomic E-state index is -0.742. The number of benzene rings is 1. The summed E-state index contributed by atoms with van der Waals surface area (Å²) in [6.07, 6.45) is 2.63. The number of amides is 3. The summed E-state index contributed by atoms with van der Waals surface area (Å²) in [7, 11) is 0. The van der Waals surface area contributed by atoms with Crippen molar-refractivity contribution in [2.45, 2.75) is 31.7 Å². The number of nitrogens with zero attached hydrogens (tertiary/aromatic N) is 2. The number of aliphatic carboxylic acids is 1. The lowest BCUT2D eigenvalue weighted by Gasteiger charge is -2.36. The van der Waals surface area contributed by atoms with Crippen molar-refractivity contribution in [3.8, 4) is 0 Å². The average molecular weight is 359 g/mol. The van der Waals surface area contributed by atoms with Crippen LogP contribution in [-0.2, 0) is 4.79 Å². The Morgan fingerprint density at radius 3 is 2.04 bits per heavy atom. The van der Waals surface area contributed by atoms with Gasteiger partial charge in [-0.15, -0.1) is 0 Å². The van der Waals surface area contributed by atoms with Crippen LogP contribution >= 0.6 is 0 Å². The summed E-state index contributed by atoms with van der Waals surface area (Å²) < 4.78 is 0. The number of carbonyl (C=O) groups excluding carboxylic acids is 2. The van der Waals surface area contributed by atoms with Gasteiger partial charge >= 0.3 is 12.0 Å². The first kappa shape index (κ1) is 18.2. The highest BCUT2D eigenvalue weighted by atomic mass is 16.4. The zero-order valence-electron chi connectivity index (χ0n) is 14.8. The number of rotatable bonds is 3. The second-order valence-corrected chi connectivity index (χ2v) is 6.98. The van der Waals surface area contributed by atoms with E-state index >= 15 is 0 Å². The second-order valence-electron chi connectivity index (χ2n) is 6.98. The topological polar surface area (TPSA) is 89.9 Å². The van der Waals surface area contributed by atoms with Crippen LogP contribution in [0.2, 0.25) is 0 Å². The summed E-state index contributed by atoms with van der Waals surface area (Å²) in [5.41, 5.74) is 0.667. The molecular formula is C19H25N3O4. The van der Waals surface area contributed by atoms with Crippen LogP contribution in [-0.4, -0.2) is 65.0 Å². The average Bonchev–Trinajstić information content (AvgIpc) is 2.68. The summed E-state index contributed by atoms with van der Waals surface area (Å²) in [4.78, 5) is 39.4. The molecule has 0 spiro atoms. The summed E-state index contributed by atoms with van der Waals surface area (Å²) in [5, 5.41) is 12.0. The molecule has 7 nitrogen and oxygen atoms in total. The van der Waals surface area contributed by atoms with Crippen LogP contribution in [0.4, 0.5) is 4.79 Å². The molecule has 2 fully saturated rings. The Labute approximate surface area is 153 Å². The molecular weight excluding hydrogens is 334 g/mol. The molecule has 2 N–H and O–H groups in total. The smallest absolute Gasteiger partial charge is 0.317 e. The molecule has 26 heavy (non-hydrogen) atoms. The third-order valence-corrected chi connectivity index (χ3v) is 5.28. The number of carboxylic acids is 1. The largest absolute Gasteiger partial charge is 0.481 e. The highest BCUT2D eigenvalue weighted by Gasteiger charge is 2.29. The van der Waals surface area contributed by atoms with E-state index in [1.54, 1.807) is 21.9 Å². The first-order valence-electron chi connectivity index (χ1n) is 9.17. The summed E-state index contributed by atoms with van der Waals surface area (Å²) in [6, 6.07) is 9.09. The highest BCUT2D eigenvalue weighted by Crippen LogP contribution is 2.24. The predicted molar refractivity (Wildman–Crippen MR) is 95.8 cm³/mol. The van der Waals surface area contributed by atoms with Gasteiger partial charge in [0.1, 0.15) is 0 Å². The van der Waals surface area contributed by atoms with E-state index in [9.17, 15) is 14.4 Å². The number of hydrogen-bond acceptors (Lipinski definition) is 3. The van der Waals surface area contributed by atoms with Gasteiger partial charge in [0.25, 0.3) is 5.91 Å². The van der Waals surface area contributed by atoms with E-state index in [1.165, 1.54) is 0 Å². The lowest BCUT2D eigenvalue weighted by Crippen LogP contribution is -2.54. The van der Waals surface area contributed by atoms with Crippen LogP contribution in [0.3, 0.4) is 0 Å². The maximum absolute atomic E-state index is 12.4. The highest BCUT2D eigenvalue weighted by molar-refractivity contribution is 5.94. The predicted octanol–water partition coefficient (Wildman–Crippen LogP) is 1.80. The Bertz CT molecular complexity index is 648. The number of carboxylic acid groups (broad SMARTS) is 1. The van der Waals surface area contributed by atoms with Crippen molar-refractivity contribution >= 4 is 17.9 Å². The molecule has 2 aliphatic rings. The second kappa shape index (κ2) is 8.21. The Hall–Kier alpha value is -2.57. The molecule has 3 amide bonds. The molecule has 1 heterocycles. The van der Waals surface area contributed by atoms with Crippen LogP contribution in [0.25, 0.3) is 0 Å². The van der Waals surface area contributed by atoms with Gasteiger partial charge in [-0.25, -0.2) is 4.79 Å². The monoisotopic (exact) mass is 359 g/mol. The normalized spacial score (nSPS) is 23.4. The van der Waals surface area contributed by atoms with Crippen molar-refractivity contribution in [2.24, 2.45) is 5.92 Å². The van der Waals surface area contributed by atoms with Crippen LogP contribution in [0.5, 0.6) is 0 Å². The van der Waals surface area contributed by atoms with Gasteiger partial charge in [-0.3, -0.25) is 9.59 Å². The van der Waals surface area contributed by atoms with Crippen molar-refractivity contribution in [3.63, 3.8) is 0 Å². The Morgan fingerprint density at radius 1 is 0.885 bits per heavy atom. The van der Waals surface area contributed by atoms with Crippen LogP contribution in [0, 0.1) is 5.92 Å². The lowest BCUT2D eigenvalue weighted by molar-refractivity contribution is -0.142. The number of nitrogens with one attached hydrogen (secondary N) is 1. The third-order valence-electron chi connectivity index (χ3n) is 5.28. The van der Waals surface area contributed by atoms with E-state index in [4.69, 9.17) is 5.11 Å². The van der Waals surface area contributed by atoms with Gasteiger partial charge in [0, 0.05) is 37.8 Å². The zero-order valence-corrected chi connectivity index (χ0v) is 14.8. The molecule has 0 unspecified atom stereocenters. The number of carbonyl (C=O) groups is 3. The van der Waals surface area contributed by atoms with Gasteiger partial charge in [0.2, 0.25) is 0 Å². The summed E-state index contributed by atoms with van der Waals surface area (Å²) in [6.45, 7) is 2.06. The number of urea groups is 1. The molecule has 1 aromatic carbocycles. The molecule has 1 aliphatic heterocycles. The Balaban J connectivity index is 1.44. The molecule has 1 aliphatic carbocycles. The molecule has 7 heteroatoms. The molecule has 0 aromatic heterocycles. The lowest BCUT2D eigenvalue weighted by atomic mass is 9.86. The Morgan fingerprint density at radius 2 is 1.46 bits per heavy atom. The van der Waals surface area contributed by atoms with Crippen LogP contribution in [0.15, 0.2) is 30.3 Å². The van der Waals surface area contributed by atoms with Gasteiger partial charge in [-0.05, 0) is 37.8 Å².